The van der Waals surface area contributed by atoms with Crippen molar-refractivity contribution < 1.29 is 0 Å². The summed E-state index contributed by atoms with van der Waals surface area (Å²) >= 11 is 0. The summed E-state index contributed by atoms with van der Waals surface area (Å²) in [6.45, 7) is 2.28. The molecule has 0 saturated heterocycles. The van der Waals surface area contributed by atoms with Crippen LogP contribution in [0, 0.1) is 5.92 Å². The van der Waals surface area contributed by atoms with E-state index in [2.05, 4.69) is 21.9 Å². The molecule has 3 rings (SSSR count). The highest BCUT2D eigenvalue weighted by Crippen LogP contribution is 2.36. The van der Waals surface area contributed by atoms with E-state index < -0.39 is 0 Å². The van der Waals surface area contributed by atoms with Gasteiger partial charge in [0.2, 0.25) is 5.95 Å². The molecule has 1 fully saturated rings. The van der Waals surface area contributed by atoms with Crippen LogP contribution in [0.4, 0.5) is 5.95 Å². The number of rotatable bonds is 2. The molecule has 1 aliphatic carbocycles. The van der Waals surface area contributed by atoms with E-state index in [-0.39, 0.29) is 0 Å². The predicted octanol–water partition coefficient (Wildman–Crippen LogP) is 3.02. The number of nitrogens with two attached hydrogens (primary N) is 1. The zero-order valence-electron chi connectivity index (χ0n) is 11.1. The average Bonchev–Trinajstić information content (AvgIpc) is 2.86. The van der Waals surface area contributed by atoms with Gasteiger partial charge in [-0.2, -0.15) is 9.97 Å². The number of hydrogen-bond donors (Lipinski definition) is 1. The average molecular weight is 254 g/mol. The van der Waals surface area contributed by atoms with Gasteiger partial charge in [0.1, 0.15) is 5.82 Å². The van der Waals surface area contributed by atoms with Gasteiger partial charge in [0, 0.05) is 11.5 Å². The van der Waals surface area contributed by atoms with Crippen LogP contribution in [0.25, 0.3) is 11.4 Å². The Morgan fingerprint density at radius 3 is 2.53 bits per heavy atom. The normalized spacial score (nSPS) is 22.6. The summed E-state index contributed by atoms with van der Waals surface area (Å²) in [4.78, 5) is 13.2. The molecule has 0 amide bonds. The zero-order chi connectivity index (χ0) is 13.2. The van der Waals surface area contributed by atoms with E-state index >= 15 is 0 Å². The van der Waals surface area contributed by atoms with Crippen molar-refractivity contribution in [1.82, 2.24) is 15.0 Å². The molecule has 0 aliphatic heterocycles. The van der Waals surface area contributed by atoms with Crippen molar-refractivity contribution in [3.05, 3.63) is 36.2 Å². The molecule has 0 bridgehead atoms. The summed E-state index contributed by atoms with van der Waals surface area (Å²) in [5, 5.41) is 0. The Morgan fingerprint density at radius 1 is 1.05 bits per heavy atom. The molecule has 4 nitrogen and oxygen atoms in total. The Labute approximate surface area is 113 Å². The van der Waals surface area contributed by atoms with Gasteiger partial charge in [-0.1, -0.05) is 37.3 Å². The van der Waals surface area contributed by atoms with Crippen LogP contribution in [0.5, 0.6) is 0 Å². The second-order valence-electron chi connectivity index (χ2n) is 5.36. The van der Waals surface area contributed by atoms with Gasteiger partial charge in [0.05, 0.1) is 0 Å². The van der Waals surface area contributed by atoms with Crippen LogP contribution >= 0.6 is 0 Å². The SMILES string of the molecule is CC1CCC(c2nc(N)nc(-c3ccccc3)n2)C1. The Balaban J connectivity index is 1.97. The van der Waals surface area contributed by atoms with Crippen molar-refractivity contribution in [2.75, 3.05) is 5.73 Å². The van der Waals surface area contributed by atoms with Crippen molar-refractivity contribution in [2.45, 2.75) is 32.1 Å². The predicted molar refractivity (Wildman–Crippen MR) is 75.4 cm³/mol. The van der Waals surface area contributed by atoms with Gasteiger partial charge in [-0.15, -0.1) is 0 Å². The van der Waals surface area contributed by atoms with Crippen molar-refractivity contribution in [1.29, 1.82) is 0 Å². The third-order valence-electron chi connectivity index (χ3n) is 3.76. The van der Waals surface area contributed by atoms with E-state index in [1.165, 1.54) is 6.42 Å². The summed E-state index contributed by atoms with van der Waals surface area (Å²) in [6.07, 6.45) is 3.55. The summed E-state index contributed by atoms with van der Waals surface area (Å²) < 4.78 is 0. The Kier molecular flexibility index (Phi) is 3.15. The lowest BCUT2D eigenvalue weighted by Crippen LogP contribution is -2.08. The van der Waals surface area contributed by atoms with Gasteiger partial charge in [0.15, 0.2) is 5.82 Å². The van der Waals surface area contributed by atoms with Crippen LogP contribution < -0.4 is 5.73 Å². The largest absolute Gasteiger partial charge is 0.368 e. The number of hydrogen-bond acceptors (Lipinski definition) is 4. The number of nitrogen functional groups attached to an aromatic ring is 1. The maximum atomic E-state index is 5.84. The maximum Gasteiger partial charge on any atom is 0.223 e. The number of anilines is 1. The van der Waals surface area contributed by atoms with Crippen molar-refractivity contribution in [3.63, 3.8) is 0 Å². The Morgan fingerprint density at radius 2 is 1.84 bits per heavy atom. The smallest absolute Gasteiger partial charge is 0.223 e. The Hall–Kier alpha value is -1.97. The molecule has 1 aliphatic rings. The first-order chi connectivity index (χ1) is 9.22. The van der Waals surface area contributed by atoms with Gasteiger partial charge in [-0.05, 0) is 25.2 Å². The highest BCUT2D eigenvalue weighted by atomic mass is 15.1. The molecule has 4 heteroatoms. The molecule has 1 heterocycles. The molecule has 19 heavy (non-hydrogen) atoms. The van der Waals surface area contributed by atoms with Gasteiger partial charge >= 0.3 is 0 Å². The minimum Gasteiger partial charge on any atom is -0.368 e. The van der Waals surface area contributed by atoms with Crippen LogP contribution in [0.2, 0.25) is 0 Å². The van der Waals surface area contributed by atoms with E-state index in [1.54, 1.807) is 0 Å². The molecule has 98 valence electrons. The van der Waals surface area contributed by atoms with Gasteiger partial charge in [-0.3, -0.25) is 0 Å². The summed E-state index contributed by atoms with van der Waals surface area (Å²) in [5.41, 5.74) is 6.83. The second-order valence-corrected chi connectivity index (χ2v) is 5.36. The van der Waals surface area contributed by atoms with E-state index in [0.29, 0.717) is 17.7 Å². The van der Waals surface area contributed by atoms with Crippen LogP contribution in [0.15, 0.2) is 30.3 Å². The van der Waals surface area contributed by atoms with Crippen molar-refractivity contribution in [3.8, 4) is 11.4 Å². The fourth-order valence-electron chi connectivity index (χ4n) is 2.75. The van der Waals surface area contributed by atoms with E-state index in [9.17, 15) is 0 Å². The minimum absolute atomic E-state index is 0.323. The lowest BCUT2D eigenvalue weighted by molar-refractivity contribution is 0.585. The monoisotopic (exact) mass is 254 g/mol. The molecule has 1 aromatic heterocycles. The number of benzene rings is 1. The fourth-order valence-corrected chi connectivity index (χ4v) is 2.75. The third-order valence-corrected chi connectivity index (χ3v) is 3.76. The van der Waals surface area contributed by atoms with E-state index in [0.717, 1.165) is 30.1 Å². The standard InChI is InChI=1S/C15H18N4/c1-10-7-8-12(9-10)14-17-13(18-15(16)19-14)11-5-3-2-4-6-11/h2-6,10,12H,7-9H2,1H3,(H2,16,17,18,19). The summed E-state index contributed by atoms with van der Waals surface area (Å²) in [5.74, 6) is 3.05. The first-order valence-electron chi connectivity index (χ1n) is 6.79. The molecular weight excluding hydrogens is 236 g/mol. The lowest BCUT2D eigenvalue weighted by atomic mass is 10.1. The molecule has 0 radical (unpaired) electrons. The van der Waals surface area contributed by atoms with Crippen LogP contribution in [0.1, 0.15) is 37.9 Å². The molecule has 2 atom stereocenters. The van der Waals surface area contributed by atoms with E-state index in [1.807, 2.05) is 30.3 Å². The quantitative estimate of drug-likeness (QED) is 0.894. The molecule has 2 unspecified atom stereocenters. The van der Waals surface area contributed by atoms with Crippen LogP contribution in [-0.4, -0.2) is 15.0 Å². The molecule has 2 N–H and O–H groups in total. The molecule has 1 aromatic carbocycles. The summed E-state index contributed by atoms with van der Waals surface area (Å²) in [7, 11) is 0. The van der Waals surface area contributed by atoms with Gasteiger partial charge < -0.3 is 5.73 Å². The first-order valence-corrected chi connectivity index (χ1v) is 6.79. The lowest BCUT2D eigenvalue weighted by Gasteiger charge is -2.10. The van der Waals surface area contributed by atoms with E-state index in [4.69, 9.17) is 5.73 Å². The molecule has 2 aromatic rings. The molecule has 0 spiro atoms. The minimum atomic E-state index is 0.323. The molecular formula is C15H18N4. The van der Waals surface area contributed by atoms with Crippen LogP contribution in [0.3, 0.4) is 0 Å². The third kappa shape index (κ3) is 2.57. The molecule has 1 saturated carbocycles. The fraction of sp³-hybridized carbons (Fsp3) is 0.400. The summed E-state index contributed by atoms with van der Waals surface area (Å²) in [6, 6.07) is 9.93. The van der Waals surface area contributed by atoms with Crippen LogP contribution in [-0.2, 0) is 0 Å². The topological polar surface area (TPSA) is 64.7 Å². The highest BCUT2D eigenvalue weighted by molar-refractivity contribution is 5.55. The highest BCUT2D eigenvalue weighted by Gasteiger charge is 2.25. The van der Waals surface area contributed by atoms with Gasteiger partial charge in [0.25, 0.3) is 0 Å². The number of nitrogens with zero attached hydrogens (tertiary/aromatic N) is 3. The van der Waals surface area contributed by atoms with Crippen molar-refractivity contribution >= 4 is 5.95 Å². The van der Waals surface area contributed by atoms with Gasteiger partial charge in [-0.25, -0.2) is 4.98 Å². The second kappa shape index (κ2) is 4.96. The maximum absolute atomic E-state index is 5.84. The zero-order valence-corrected chi connectivity index (χ0v) is 11.1. The van der Waals surface area contributed by atoms with Crippen molar-refractivity contribution in [2.24, 2.45) is 5.92 Å². The first kappa shape index (κ1) is 12.1. The Bertz CT molecular complexity index is 568. The number of aromatic nitrogens is 3.